The van der Waals surface area contributed by atoms with E-state index in [1.807, 2.05) is 25.6 Å². The number of amides is 1. The normalized spacial score (nSPS) is 22.0. The number of hydrogen-bond acceptors (Lipinski definition) is 3. The third-order valence-corrected chi connectivity index (χ3v) is 4.48. The van der Waals surface area contributed by atoms with Crippen LogP contribution in [0.5, 0.6) is 0 Å². The number of carbonyl (C=O) groups excluding carboxylic acids is 1. The maximum atomic E-state index is 12.2. The number of nitrogens with zero attached hydrogens (tertiary/aromatic N) is 2. The van der Waals surface area contributed by atoms with Gasteiger partial charge in [0.2, 0.25) is 5.91 Å². The molecule has 118 valence electrons. The Morgan fingerprint density at radius 3 is 2.76 bits per heavy atom. The van der Waals surface area contributed by atoms with Gasteiger partial charge < -0.3 is 10.1 Å². The molecule has 0 aliphatic carbocycles. The molecular weight excluding hydrogens is 266 g/mol. The first-order valence-electron chi connectivity index (χ1n) is 7.77. The Balaban J connectivity index is 1.88. The zero-order valence-corrected chi connectivity index (χ0v) is 13.8. The van der Waals surface area contributed by atoms with Gasteiger partial charge in [0.15, 0.2) is 0 Å². The van der Waals surface area contributed by atoms with Crippen molar-refractivity contribution in [1.29, 1.82) is 0 Å². The highest BCUT2D eigenvalue weighted by Crippen LogP contribution is 2.26. The standard InChI is InChI=1S/C16H27N3O2/c1-10(2)16-13(6-7-21-16)9-17-15(20)8-14-11(3)18-19(5)12(14)4/h10,13,16H,6-9H2,1-5H3,(H,17,20)/t13-,16-/m1/s1. The Bertz CT molecular complexity index is 508. The summed E-state index contributed by atoms with van der Waals surface area (Å²) in [5, 5.41) is 7.42. The molecule has 1 fully saturated rings. The predicted octanol–water partition coefficient (Wildman–Crippen LogP) is 1.76. The SMILES string of the molecule is Cc1nn(C)c(C)c1CC(=O)NC[C@H]1CCO[C@@H]1C(C)C. The van der Waals surface area contributed by atoms with E-state index in [4.69, 9.17) is 4.74 Å². The monoisotopic (exact) mass is 293 g/mol. The predicted molar refractivity (Wildman–Crippen MR) is 82.1 cm³/mol. The topological polar surface area (TPSA) is 56.2 Å². The number of rotatable bonds is 5. The Kier molecular flexibility index (Phi) is 5.04. The van der Waals surface area contributed by atoms with Gasteiger partial charge in [-0.05, 0) is 26.2 Å². The maximum Gasteiger partial charge on any atom is 0.224 e. The highest BCUT2D eigenvalue weighted by molar-refractivity contribution is 5.79. The lowest BCUT2D eigenvalue weighted by Crippen LogP contribution is -2.35. The van der Waals surface area contributed by atoms with Crippen molar-refractivity contribution in [3.8, 4) is 0 Å². The summed E-state index contributed by atoms with van der Waals surface area (Å²) in [6, 6.07) is 0. The highest BCUT2D eigenvalue weighted by atomic mass is 16.5. The lowest BCUT2D eigenvalue weighted by Gasteiger charge is -2.22. The first-order valence-corrected chi connectivity index (χ1v) is 7.77. The van der Waals surface area contributed by atoms with Gasteiger partial charge >= 0.3 is 0 Å². The Morgan fingerprint density at radius 1 is 1.48 bits per heavy atom. The van der Waals surface area contributed by atoms with Gasteiger partial charge in [0, 0.05) is 37.4 Å². The third-order valence-electron chi connectivity index (χ3n) is 4.48. The quantitative estimate of drug-likeness (QED) is 0.900. The van der Waals surface area contributed by atoms with Crippen LogP contribution in [-0.4, -0.2) is 34.9 Å². The van der Waals surface area contributed by atoms with Crippen LogP contribution in [-0.2, 0) is 23.0 Å². The molecule has 1 aromatic heterocycles. The van der Waals surface area contributed by atoms with Crippen molar-refractivity contribution in [2.75, 3.05) is 13.2 Å². The minimum atomic E-state index is 0.0728. The van der Waals surface area contributed by atoms with Crippen molar-refractivity contribution in [3.05, 3.63) is 17.0 Å². The smallest absolute Gasteiger partial charge is 0.224 e. The van der Waals surface area contributed by atoms with Crippen molar-refractivity contribution in [2.24, 2.45) is 18.9 Å². The first kappa shape index (κ1) is 16.0. The van der Waals surface area contributed by atoms with Crippen LogP contribution in [0.3, 0.4) is 0 Å². The average Bonchev–Trinajstić information content (AvgIpc) is 2.97. The maximum absolute atomic E-state index is 12.2. The summed E-state index contributed by atoms with van der Waals surface area (Å²) in [5.41, 5.74) is 3.04. The molecule has 0 spiro atoms. The number of aromatic nitrogens is 2. The Labute approximate surface area is 127 Å². The van der Waals surface area contributed by atoms with Crippen LogP contribution >= 0.6 is 0 Å². The van der Waals surface area contributed by atoms with Crippen LogP contribution < -0.4 is 5.32 Å². The number of aryl methyl sites for hydroxylation is 2. The van der Waals surface area contributed by atoms with Crippen molar-refractivity contribution < 1.29 is 9.53 Å². The molecule has 1 N–H and O–H groups in total. The minimum absolute atomic E-state index is 0.0728. The van der Waals surface area contributed by atoms with E-state index in [1.54, 1.807) is 0 Å². The second kappa shape index (κ2) is 6.60. The molecule has 2 atom stereocenters. The van der Waals surface area contributed by atoms with Gasteiger partial charge in [0.25, 0.3) is 0 Å². The number of hydrogen-bond donors (Lipinski definition) is 1. The third kappa shape index (κ3) is 3.64. The largest absolute Gasteiger partial charge is 0.378 e. The van der Waals surface area contributed by atoms with Gasteiger partial charge in [0.1, 0.15) is 0 Å². The summed E-state index contributed by atoms with van der Waals surface area (Å²) in [6.07, 6.45) is 1.71. The average molecular weight is 293 g/mol. The fraction of sp³-hybridized carbons (Fsp3) is 0.750. The number of carbonyl (C=O) groups is 1. The van der Waals surface area contributed by atoms with Crippen LogP contribution in [0.1, 0.15) is 37.2 Å². The summed E-state index contributed by atoms with van der Waals surface area (Å²) in [4.78, 5) is 12.2. The first-order chi connectivity index (χ1) is 9.90. The lowest BCUT2D eigenvalue weighted by molar-refractivity contribution is -0.120. The number of nitrogens with one attached hydrogen (secondary N) is 1. The second-order valence-corrected chi connectivity index (χ2v) is 6.38. The van der Waals surface area contributed by atoms with Gasteiger partial charge in [-0.2, -0.15) is 5.10 Å². The van der Waals surface area contributed by atoms with Crippen molar-refractivity contribution >= 4 is 5.91 Å². The van der Waals surface area contributed by atoms with Crippen molar-refractivity contribution in [1.82, 2.24) is 15.1 Å². The molecule has 1 aliphatic rings. The minimum Gasteiger partial charge on any atom is -0.378 e. The molecule has 0 unspecified atom stereocenters. The van der Waals surface area contributed by atoms with E-state index in [0.29, 0.717) is 24.8 Å². The van der Waals surface area contributed by atoms with E-state index in [2.05, 4.69) is 24.3 Å². The molecular formula is C16H27N3O2. The molecule has 5 heteroatoms. The molecule has 5 nitrogen and oxygen atoms in total. The summed E-state index contributed by atoms with van der Waals surface area (Å²) < 4.78 is 7.59. The van der Waals surface area contributed by atoms with Gasteiger partial charge in [-0.25, -0.2) is 0 Å². The van der Waals surface area contributed by atoms with E-state index in [-0.39, 0.29) is 12.0 Å². The molecule has 1 amide bonds. The van der Waals surface area contributed by atoms with Gasteiger partial charge in [-0.1, -0.05) is 13.8 Å². The van der Waals surface area contributed by atoms with Crippen molar-refractivity contribution in [2.45, 2.75) is 46.6 Å². The number of ether oxygens (including phenoxy) is 1. The Hall–Kier alpha value is -1.36. The molecule has 21 heavy (non-hydrogen) atoms. The van der Waals surface area contributed by atoms with E-state index in [9.17, 15) is 4.79 Å². The van der Waals surface area contributed by atoms with E-state index in [1.165, 1.54) is 0 Å². The fourth-order valence-electron chi connectivity index (χ4n) is 3.15. The molecule has 2 heterocycles. The zero-order chi connectivity index (χ0) is 15.6. The molecule has 0 bridgehead atoms. The van der Waals surface area contributed by atoms with Crippen molar-refractivity contribution in [3.63, 3.8) is 0 Å². The molecule has 0 aromatic carbocycles. The van der Waals surface area contributed by atoms with Gasteiger partial charge in [0.05, 0.1) is 18.2 Å². The zero-order valence-electron chi connectivity index (χ0n) is 13.8. The summed E-state index contributed by atoms with van der Waals surface area (Å²) in [7, 11) is 1.91. The molecule has 1 aliphatic heterocycles. The highest BCUT2D eigenvalue weighted by Gasteiger charge is 2.30. The summed E-state index contributed by atoms with van der Waals surface area (Å²) >= 11 is 0. The Morgan fingerprint density at radius 2 is 2.19 bits per heavy atom. The molecule has 0 saturated carbocycles. The van der Waals surface area contributed by atoms with E-state index < -0.39 is 0 Å². The molecule has 1 aromatic rings. The summed E-state index contributed by atoms with van der Waals surface area (Å²) in [5.74, 6) is 1.01. The van der Waals surface area contributed by atoms with Crippen LogP contribution in [0, 0.1) is 25.7 Å². The lowest BCUT2D eigenvalue weighted by atomic mass is 9.93. The van der Waals surface area contributed by atoms with Gasteiger partial charge in [-0.15, -0.1) is 0 Å². The van der Waals surface area contributed by atoms with Crippen LogP contribution in [0.25, 0.3) is 0 Å². The van der Waals surface area contributed by atoms with E-state index >= 15 is 0 Å². The van der Waals surface area contributed by atoms with Crippen LogP contribution in [0.2, 0.25) is 0 Å². The van der Waals surface area contributed by atoms with Crippen LogP contribution in [0.4, 0.5) is 0 Å². The molecule has 0 radical (unpaired) electrons. The van der Waals surface area contributed by atoms with E-state index in [0.717, 1.165) is 30.0 Å². The molecule has 2 rings (SSSR count). The van der Waals surface area contributed by atoms with Crippen LogP contribution in [0.15, 0.2) is 0 Å². The molecule has 1 saturated heterocycles. The second-order valence-electron chi connectivity index (χ2n) is 6.38. The summed E-state index contributed by atoms with van der Waals surface area (Å²) in [6.45, 7) is 9.82. The van der Waals surface area contributed by atoms with Gasteiger partial charge in [-0.3, -0.25) is 9.48 Å². The fourth-order valence-corrected chi connectivity index (χ4v) is 3.15.